The SMILES string of the molecule is CC(O)C(N)C(=O)NC(CCC(=O)O)C(=O)NC(Cc1c[nH]c2ccccc12)C(=O)NC(CO)C(=O)O. The van der Waals surface area contributed by atoms with Gasteiger partial charge in [-0.15, -0.1) is 0 Å². The number of fused-ring (bicyclic) bond motifs is 1. The molecule has 14 heteroatoms. The monoisotopic (exact) mass is 521 g/mol. The molecule has 0 radical (unpaired) electrons. The van der Waals surface area contributed by atoms with Crippen LogP contribution in [0, 0.1) is 0 Å². The molecule has 2 rings (SSSR count). The first-order chi connectivity index (χ1) is 17.4. The summed E-state index contributed by atoms with van der Waals surface area (Å²) in [6, 6.07) is 1.30. The number of nitrogens with one attached hydrogen (secondary N) is 4. The molecule has 0 aliphatic rings. The standard InChI is InChI=1S/C23H31N5O9/c1-11(30)19(24)22(35)26-15(6-7-18(31)32)20(33)27-16(21(34)28-17(10-29)23(36)37)8-12-9-25-14-5-3-2-4-13(12)14/h2-5,9,11,15-17,19,25,29-30H,6-8,10,24H2,1H3,(H,26,35)(H,27,33)(H,28,34)(H,31,32)(H,36,37). The molecular formula is C23H31N5O9. The Labute approximate surface area is 211 Å². The number of hydrogen-bond donors (Lipinski definition) is 9. The highest BCUT2D eigenvalue weighted by Gasteiger charge is 2.31. The summed E-state index contributed by atoms with van der Waals surface area (Å²) in [4.78, 5) is 63.8. The fraction of sp³-hybridized carbons (Fsp3) is 0.435. The van der Waals surface area contributed by atoms with Gasteiger partial charge in [0.15, 0.2) is 0 Å². The molecule has 2 aromatic rings. The molecule has 5 atom stereocenters. The molecule has 1 heterocycles. The summed E-state index contributed by atoms with van der Waals surface area (Å²) < 4.78 is 0. The van der Waals surface area contributed by atoms with E-state index in [0.717, 1.165) is 10.9 Å². The Hall–Kier alpha value is -4.01. The molecule has 1 aromatic carbocycles. The third kappa shape index (κ3) is 8.27. The zero-order valence-electron chi connectivity index (χ0n) is 20.0. The Kier molecular flexibility index (Phi) is 10.5. The van der Waals surface area contributed by atoms with Crippen molar-refractivity contribution in [3.63, 3.8) is 0 Å². The second-order valence-corrected chi connectivity index (χ2v) is 8.47. The first kappa shape index (κ1) is 29.2. The normalized spacial score (nSPS) is 15.1. The van der Waals surface area contributed by atoms with Crippen molar-refractivity contribution in [3.8, 4) is 0 Å². The lowest BCUT2D eigenvalue weighted by Crippen LogP contribution is -2.58. The van der Waals surface area contributed by atoms with Gasteiger partial charge in [-0.05, 0) is 25.0 Å². The lowest BCUT2D eigenvalue weighted by atomic mass is 10.0. The van der Waals surface area contributed by atoms with Gasteiger partial charge in [0.25, 0.3) is 0 Å². The quantitative estimate of drug-likeness (QED) is 0.130. The van der Waals surface area contributed by atoms with Crippen LogP contribution in [0.2, 0.25) is 0 Å². The Bertz CT molecular complexity index is 1130. The van der Waals surface area contributed by atoms with Crippen molar-refractivity contribution in [3.05, 3.63) is 36.0 Å². The van der Waals surface area contributed by atoms with Crippen molar-refractivity contribution < 1.29 is 44.4 Å². The number of benzene rings is 1. The number of H-pyrrole nitrogens is 1. The number of aromatic amines is 1. The highest BCUT2D eigenvalue weighted by molar-refractivity contribution is 5.95. The summed E-state index contributed by atoms with van der Waals surface area (Å²) in [5.74, 6) is -5.50. The zero-order valence-corrected chi connectivity index (χ0v) is 20.0. The van der Waals surface area contributed by atoms with Crippen LogP contribution in [0.4, 0.5) is 0 Å². The van der Waals surface area contributed by atoms with E-state index in [1.54, 1.807) is 30.5 Å². The van der Waals surface area contributed by atoms with E-state index in [1.165, 1.54) is 6.92 Å². The van der Waals surface area contributed by atoms with Crippen LogP contribution in [0.3, 0.4) is 0 Å². The summed E-state index contributed by atoms with van der Waals surface area (Å²) in [7, 11) is 0. The Morgan fingerprint density at radius 3 is 2.14 bits per heavy atom. The second kappa shape index (κ2) is 13.3. The molecule has 0 spiro atoms. The second-order valence-electron chi connectivity index (χ2n) is 8.47. The summed E-state index contributed by atoms with van der Waals surface area (Å²) in [5.41, 5.74) is 6.95. The minimum Gasteiger partial charge on any atom is -0.481 e. The average molecular weight is 522 g/mol. The molecule has 0 aliphatic heterocycles. The molecule has 10 N–H and O–H groups in total. The van der Waals surface area contributed by atoms with E-state index in [0.29, 0.717) is 5.56 Å². The van der Waals surface area contributed by atoms with Crippen molar-refractivity contribution in [1.82, 2.24) is 20.9 Å². The van der Waals surface area contributed by atoms with Crippen LogP contribution < -0.4 is 21.7 Å². The molecule has 14 nitrogen and oxygen atoms in total. The number of nitrogens with two attached hydrogens (primary N) is 1. The van der Waals surface area contributed by atoms with Crippen LogP contribution in [-0.2, 0) is 30.4 Å². The van der Waals surface area contributed by atoms with Crippen molar-refractivity contribution in [2.45, 2.75) is 56.5 Å². The van der Waals surface area contributed by atoms with E-state index >= 15 is 0 Å². The molecule has 0 saturated heterocycles. The van der Waals surface area contributed by atoms with Gasteiger partial charge in [0.1, 0.15) is 24.2 Å². The van der Waals surface area contributed by atoms with Gasteiger partial charge in [-0.1, -0.05) is 18.2 Å². The minimum absolute atomic E-state index is 0.105. The molecular weight excluding hydrogens is 490 g/mol. The number of rotatable bonds is 14. The van der Waals surface area contributed by atoms with E-state index in [4.69, 9.17) is 10.8 Å². The smallest absolute Gasteiger partial charge is 0.328 e. The van der Waals surface area contributed by atoms with Crippen LogP contribution in [0.5, 0.6) is 0 Å². The lowest BCUT2D eigenvalue weighted by Gasteiger charge is -2.25. The van der Waals surface area contributed by atoms with E-state index in [1.807, 2.05) is 0 Å². The van der Waals surface area contributed by atoms with Crippen LogP contribution >= 0.6 is 0 Å². The molecule has 0 bridgehead atoms. The van der Waals surface area contributed by atoms with E-state index in [2.05, 4.69) is 20.9 Å². The molecule has 1 aromatic heterocycles. The van der Waals surface area contributed by atoms with Crippen molar-refractivity contribution >= 4 is 40.6 Å². The summed E-state index contributed by atoms with van der Waals surface area (Å²) in [5, 5.41) is 44.7. The van der Waals surface area contributed by atoms with Gasteiger partial charge in [-0.25, -0.2) is 4.79 Å². The van der Waals surface area contributed by atoms with Crippen LogP contribution in [0.25, 0.3) is 10.9 Å². The lowest BCUT2D eigenvalue weighted by molar-refractivity contribution is -0.143. The van der Waals surface area contributed by atoms with E-state index in [-0.39, 0.29) is 12.8 Å². The molecule has 0 saturated carbocycles. The van der Waals surface area contributed by atoms with Crippen molar-refractivity contribution in [2.24, 2.45) is 5.73 Å². The van der Waals surface area contributed by atoms with E-state index in [9.17, 15) is 39.3 Å². The minimum atomic E-state index is -1.64. The molecule has 37 heavy (non-hydrogen) atoms. The van der Waals surface area contributed by atoms with Crippen LogP contribution in [0.1, 0.15) is 25.3 Å². The summed E-state index contributed by atoms with van der Waals surface area (Å²) in [6.07, 6.45) is -0.604. The van der Waals surface area contributed by atoms with Crippen molar-refractivity contribution in [1.29, 1.82) is 0 Å². The number of carbonyl (C=O) groups excluding carboxylic acids is 3. The number of carboxylic acid groups (broad SMARTS) is 2. The first-order valence-corrected chi connectivity index (χ1v) is 11.4. The maximum Gasteiger partial charge on any atom is 0.328 e. The van der Waals surface area contributed by atoms with Gasteiger partial charge in [0.2, 0.25) is 17.7 Å². The third-order valence-corrected chi connectivity index (χ3v) is 5.63. The molecule has 202 valence electrons. The molecule has 5 unspecified atom stereocenters. The van der Waals surface area contributed by atoms with Gasteiger partial charge in [-0.2, -0.15) is 0 Å². The zero-order chi connectivity index (χ0) is 27.7. The maximum absolute atomic E-state index is 13.1. The number of aliphatic carboxylic acids is 2. The van der Waals surface area contributed by atoms with Gasteiger partial charge < -0.3 is 47.1 Å². The molecule has 0 aliphatic carbocycles. The highest BCUT2D eigenvalue weighted by atomic mass is 16.4. The number of carbonyl (C=O) groups is 5. The van der Waals surface area contributed by atoms with Gasteiger partial charge >= 0.3 is 11.9 Å². The predicted octanol–water partition coefficient (Wildman–Crippen LogP) is -2.19. The average Bonchev–Trinajstić information content (AvgIpc) is 3.26. The largest absolute Gasteiger partial charge is 0.481 e. The maximum atomic E-state index is 13.1. The van der Waals surface area contributed by atoms with Crippen LogP contribution in [-0.4, -0.2) is 91.9 Å². The molecule has 3 amide bonds. The number of aromatic nitrogens is 1. The fourth-order valence-electron chi connectivity index (χ4n) is 3.48. The number of hydrogen-bond acceptors (Lipinski definition) is 8. The Morgan fingerprint density at radius 2 is 1.54 bits per heavy atom. The number of carboxylic acids is 2. The summed E-state index contributed by atoms with van der Waals surface area (Å²) >= 11 is 0. The first-order valence-electron chi connectivity index (χ1n) is 11.4. The number of para-hydroxylation sites is 1. The fourth-order valence-corrected chi connectivity index (χ4v) is 3.48. The highest BCUT2D eigenvalue weighted by Crippen LogP contribution is 2.19. The topological polar surface area (TPSA) is 244 Å². The molecule has 0 fully saturated rings. The van der Waals surface area contributed by atoms with Crippen molar-refractivity contribution in [2.75, 3.05) is 6.61 Å². The number of aliphatic hydroxyl groups excluding tert-OH is 2. The van der Waals surface area contributed by atoms with Crippen LogP contribution in [0.15, 0.2) is 30.5 Å². The summed E-state index contributed by atoms with van der Waals surface area (Å²) in [6.45, 7) is 0.363. The predicted molar refractivity (Wildman–Crippen MR) is 129 cm³/mol. The Morgan fingerprint density at radius 1 is 0.946 bits per heavy atom. The van der Waals surface area contributed by atoms with Gasteiger partial charge in [0, 0.05) is 29.9 Å². The van der Waals surface area contributed by atoms with Gasteiger partial charge in [-0.3, -0.25) is 19.2 Å². The van der Waals surface area contributed by atoms with E-state index < -0.39 is 73.0 Å². The number of amides is 3. The Balaban J connectivity index is 2.32. The third-order valence-electron chi connectivity index (χ3n) is 5.63. The number of aliphatic hydroxyl groups is 2. The van der Waals surface area contributed by atoms with Gasteiger partial charge in [0.05, 0.1) is 12.7 Å².